The molecule has 0 spiro atoms. The summed E-state index contributed by atoms with van der Waals surface area (Å²) in [6.07, 6.45) is -0.997. The van der Waals surface area contributed by atoms with Crippen molar-refractivity contribution in [3.63, 3.8) is 0 Å². The number of aryl methyl sites for hydroxylation is 1. The van der Waals surface area contributed by atoms with Crippen molar-refractivity contribution in [2.24, 2.45) is 0 Å². The van der Waals surface area contributed by atoms with E-state index in [0.29, 0.717) is 16.1 Å². The Bertz CT molecular complexity index is 1060. The first-order valence-electron chi connectivity index (χ1n) is 7.90. The van der Waals surface area contributed by atoms with E-state index in [1.165, 1.54) is 12.1 Å². The van der Waals surface area contributed by atoms with Crippen LogP contribution in [0.5, 0.6) is 0 Å². The number of nitrogens with one attached hydrogen (secondary N) is 1. The quantitative estimate of drug-likeness (QED) is 0.653. The van der Waals surface area contributed by atoms with Crippen LogP contribution in [0.3, 0.4) is 0 Å². The van der Waals surface area contributed by atoms with Gasteiger partial charge in [-0.3, -0.25) is 0 Å². The second-order valence-electron chi connectivity index (χ2n) is 5.97. The Morgan fingerprint density at radius 1 is 1.04 bits per heavy atom. The second-order valence-corrected chi connectivity index (χ2v) is 8.52. The summed E-state index contributed by atoms with van der Waals surface area (Å²) in [5.41, 5.74) is 1.26. The molecule has 0 fully saturated rings. The third-order valence-corrected chi connectivity index (χ3v) is 6.45. The molecule has 2 N–H and O–H groups in total. The van der Waals surface area contributed by atoms with E-state index >= 15 is 0 Å². The fourth-order valence-corrected chi connectivity index (χ4v) is 4.62. The Hall–Kier alpha value is -1.63. The lowest BCUT2D eigenvalue weighted by atomic mass is 10.0. The van der Waals surface area contributed by atoms with Crippen LogP contribution in [0.1, 0.15) is 17.2 Å². The number of halogens is 2. The van der Waals surface area contributed by atoms with Crippen LogP contribution in [-0.2, 0) is 10.0 Å². The Morgan fingerprint density at radius 3 is 2.50 bits per heavy atom. The van der Waals surface area contributed by atoms with Crippen LogP contribution in [0.15, 0.2) is 59.5 Å². The highest BCUT2D eigenvalue weighted by Crippen LogP contribution is 2.29. The van der Waals surface area contributed by atoms with Gasteiger partial charge in [0, 0.05) is 11.6 Å². The molecule has 0 saturated carbocycles. The maximum absolute atomic E-state index is 12.6. The normalized spacial score (nSPS) is 13.1. The van der Waals surface area contributed by atoms with Crippen molar-refractivity contribution in [3.05, 3.63) is 75.8 Å². The molecule has 0 aliphatic heterocycles. The van der Waals surface area contributed by atoms with Gasteiger partial charge in [-0.15, -0.1) is 0 Å². The van der Waals surface area contributed by atoms with Crippen molar-refractivity contribution in [3.8, 4) is 0 Å². The Morgan fingerprint density at radius 2 is 1.73 bits per heavy atom. The highest BCUT2D eigenvalue weighted by atomic mass is 35.5. The van der Waals surface area contributed by atoms with E-state index in [0.717, 1.165) is 10.8 Å². The summed E-state index contributed by atoms with van der Waals surface area (Å²) >= 11 is 12.0. The molecule has 0 heterocycles. The van der Waals surface area contributed by atoms with Crippen LogP contribution in [0.2, 0.25) is 10.0 Å². The summed E-state index contributed by atoms with van der Waals surface area (Å²) in [6, 6.07) is 16.0. The van der Waals surface area contributed by atoms with E-state index in [1.807, 2.05) is 36.4 Å². The van der Waals surface area contributed by atoms with E-state index in [9.17, 15) is 13.5 Å². The van der Waals surface area contributed by atoms with Crippen LogP contribution in [0.25, 0.3) is 10.8 Å². The van der Waals surface area contributed by atoms with Crippen LogP contribution >= 0.6 is 23.2 Å². The Labute approximate surface area is 162 Å². The minimum Gasteiger partial charge on any atom is -0.387 e. The summed E-state index contributed by atoms with van der Waals surface area (Å²) in [5.74, 6) is 0. The predicted octanol–water partition coefficient (Wildman–Crippen LogP) is 4.47. The molecule has 26 heavy (non-hydrogen) atoms. The number of aliphatic hydroxyl groups excluding tert-OH is 1. The van der Waals surface area contributed by atoms with Crippen molar-refractivity contribution >= 4 is 44.0 Å². The predicted molar refractivity (Wildman–Crippen MR) is 105 cm³/mol. The molecule has 1 atom stereocenters. The number of hydrogen-bond donors (Lipinski definition) is 2. The number of fused-ring (bicyclic) bond motifs is 1. The lowest BCUT2D eigenvalue weighted by Crippen LogP contribution is -2.29. The molecule has 7 heteroatoms. The van der Waals surface area contributed by atoms with Gasteiger partial charge in [0.05, 0.1) is 11.1 Å². The zero-order valence-electron chi connectivity index (χ0n) is 13.9. The highest BCUT2D eigenvalue weighted by Gasteiger charge is 2.21. The summed E-state index contributed by atoms with van der Waals surface area (Å²) in [6.45, 7) is 1.52. The zero-order chi connectivity index (χ0) is 18.9. The number of benzene rings is 3. The lowest BCUT2D eigenvalue weighted by Gasteiger charge is -2.16. The molecular formula is C19H17Cl2NO3S. The molecule has 3 aromatic rings. The fraction of sp³-hybridized carbons (Fsp3) is 0.158. The minimum absolute atomic E-state index is 0.0350. The highest BCUT2D eigenvalue weighted by molar-refractivity contribution is 7.89. The maximum atomic E-state index is 12.6. The molecule has 1 unspecified atom stereocenters. The van der Waals surface area contributed by atoms with Gasteiger partial charge < -0.3 is 5.11 Å². The second kappa shape index (κ2) is 7.55. The average molecular weight is 410 g/mol. The van der Waals surface area contributed by atoms with Gasteiger partial charge in [0.15, 0.2) is 0 Å². The molecule has 0 aliphatic rings. The molecular weight excluding hydrogens is 393 g/mol. The molecule has 4 nitrogen and oxygen atoms in total. The monoisotopic (exact) mass is 409 g/mol. The van der Waals surface area contributed by atoms with Crippen LogP contribution < -0.4 is 4.72 Å². The summed E-state index contributed by atoms with van der Waals surface area (Å²) in [7, 11) is -3.89. The summed E-state index contributed by atoms with van der Waals surface area (Å²) in [4.78, 5) is -0.0637. The molecule has 0 amide bonds. The smallest absolute Gasteiger partial charge is 0.242 e. The van der Waals surface area contributed by atoms with E-state index in [4.69, 9.17) is 23.2 Å². The van der Waals surface area contributed by atoms with Crippen molar-refractivity contribution < 1.29 is 13.5 Å². The molecule has 136 valence electrons. The van der Waals surface area contributed by atoms with Gasteiger partial charge in [0.1, 0.15) is 4.90 Å². The van der Waals surface area contributed by atoms with Gasteiger partial charge in [-0.2, -0.15) is 0 Å². The molecule has 0 saturated heterocycles. The standard InChI is InChI=1S/C19H17Cl2NO3S/c1-12-9-19(17(21)10-16(12)20)26(24,25)22-11-18(23)15-8-4-6-13-5-2-3-7-14(13)15/h2-10,18,22-23H,11H2,1H3. The number of sulfonamides is 1. The van der Waals surface area contributed by atoms with Crippen LogP contribution in [0, 0.1) is 6.92 Å². The van der Waals surface area contributed by atoms with Gasteiger partial charge in [-0.1, -0.05) is 65.7 Å². The largest absolute Gasteiger partial charge is 0.387 e. The average Bonchev–Trinajstić information content (AvgIpc) is 2.62. The number of aliphatic hydroxyl groups is 1. The van der Waals surface area contributed by atoms with Crippen LogP contribution in [0.4, 0.5) is 0 Å². The van der Waals surface area contributed by atoms with Gasteiger partial charge >= 0.3 is 0 Å². The van der Waals surface area contributed by atoms with Crippen LogP contribution in [-0.4, -0.2) is 20.1 Å². The lowest BCUT2D eigenvalue weighted by molar-refractivity contribution is 0.183. The van der Waals surface area contributed by atoms with Gasteiger partial charge in [-0.25, -0.2) is 13.1 Å². The molecule has 0 aliphatic carbocycles. The topological polar surface area (TPSA) is 66.4 Å². The van der Waals surface area contributed by atoms with Gasteiger partial charge in [-0.05, 0) is 41.0 Å². The molecule has 0 bridgehead atoms. The first-order chi connectivity index (χ1) is 12.3. The van der Waals surface area contributed by atoms with Crippen molar-refractivity contribution in [2.75, 3.05) is 6.54 Å². The Balaban J connectivity index is 1.85. The molecule has 0 aromatic heterocycles. The van der Waals surface area contributed by atoms with E-state index in [2.05, 4.69) is 4.72 Å². The summed E-state index contributed by atoms with van der Waals surface area (Å²) in [5, 5.41) is 12.8. The fourth-order valence-electron chi connectivity index (χ4n) is 2.75. The molecule has 3 rings (SSSR count). The number of rotatable bonds is 5. The summed E-state index contributed by atoms with van der Waals surface area (Å²) < 4.78 is 27.6. The van der Waals surface area contributed by atoms with E-state index < -0.39 is 16.1 Å². The van der Waals surface area contributed by atoms with Gasteiger partial charge in [0.2, 0.25) is 10.0 Å². The SMILES string of the molecule is Cc1cc(S(=O)(=O)NCC(O)c2cccc3ccccc23)c(Cl)cc1Cl. The first-order valence-corrected chi connectivity index (χ1v) is 10.1. The van der Waals surface area contributed by atoms with Crippen molar-refractivity contribution in [1.29, 1.82) is 0 Å². The van der Waals surface area contributed by atoms with E-state index in [1.54, 1.807) is 13.0 Å². The first kappa shape index (κ1) is 19.1. The zero-order valence-corrected chi connectivity index (χ0v) is 16.2. The Kier molecular flexibility index (Phi) is 5.55. The molecule has 3 aromatic carbocycles. The molecule has 0 radical (unpaired) electrons. The third kappa shape index (κ3) is 3.87. The minimum atomic E-state index is -3.89. The van der Waals surface area contributed by atoms with Crippen molar-refractivity contribution in [2.45, 2.75) is 17.9 Å². The van der Waals surface area contributed by atoms with E-state index in [-0.39, 0.29) is 16.5 Å². The maximum Gasteiger partial charge on any atom is 0.242 e. The third-order valence-electron chi connectivity index (χ3n) is 4.15. The van der Waals surface area contributed by atoms with Gasteiger partial charge in [0.25, 0.3) is 0 Å². The van der Waals surface area contributed by atoms with Crippen molar-refractivity contribution in [1.82, 2.24) is 4.72 Å². The number of hydrogen-bond acceptors (Lipinski definition) is 3.